The van der Waals surface area contributed by atoms with Crippen molar-refractivity contribution in [3.63, 3.8) is 0 Å². The van der Waals surface area contributed by atoms with E-state index in [4.69, 9.17) is 5.11 Å². The van der Waals surface area contributed by atoms with Gasteiger partial charge in [-0.25, -0.2) is 9.18 Å². The molecule has 0 aliphatic carbocycles. The third-order valence-corrected chi connectivity index (χ3v) is 2.04. The molecule has 0 unspecified atom stereocenters. The fourth-order valence-corrected chi connectivity index (χ4v) is 1.33. The number of benzene rings is 1. The van der Waals surface area contributed by atoms with Crippen LogP contribution in [-0.4, -0.2) is 16.1 Å². The number of pyridine rings is 1. The predicted octanol–water partition coefficient (Wildman–Crippen LogP) is 1.37. The largest absolute Gasteiger partial charge is 0.477 e. The van der Waals surface area contributed by atoms with Crippen LogP contribution in [0.2, 0.25) is 0 Å². The van der Waals surface area contributed by atoms with Crippen molar-refractivity contribution in [1.29, 1.82) is 0 Å². The first-order chi connectivity index (χ1) is 7.08. The summed E-state index contributed by atoms with van der Waals surface area (Å²) in [6.07, 6.45) is 0. The molecule has 1 heterocycles. The van der Waals surface area contributed by atoms with E-state index in [0.717, 1.165) is 6.07 Å². The van der Waals surface area contributed by atoms with E-state index in [0.29, 0.717) is 5.39 Å². The summed E-state index contributed by atoms with van der Waals surface area (Å²) in [5, 5.41) is 9.17. The molecule has 0 fully saturated rings. The number of hydrogen-bond donors (Lipinski definition) is 2. The van der Waals surface area contributed by atoms with Crippen molar-refractivity contribution in [2.45, 2.75) is 0 Å². The van der Waals surface area contributed by atoms with E-state index in [2.05, 4.69) is 4.98 Å². The number of halogens is 1. The zero-order chi connectivity index (χ0) is 11.0. The Bertz CT molecular complexity index is 603. The SMILES string of the molecule is O=C(O)c1cc2ccc(F)cc2[nH]c1=O. The zero-order valence-corrected chi connectivity index (χ0v) is 7.45. The second kappa shape index (κ2) is 3.20. The maximum atomic E-state index is 12.8. The molecule has 0 atom stereocenters. The lowest BCUT2D eigenvalue weighted by Crippen LogP contribution is -2.16. The Morgan fingerprint density at radius 1 is 1.33 bits per heavy atom. The number of rotatable bonds is 1. The van der Waals surface area contributed by atoms with Crippen LogP contribution in [0.25, 0.3) is 10.9 Å². The van der Waals surface area contributed by atoms with Crippen LogP contribution < -0.4 is 5.56 Å². The number of nitrogens with one attached hydrogen (secondary N) is 1. The standard InChI is InChI=1S/C10H6FNO3/c11-6-2-1-5-3-7(10(14)15)9(13)12-8(5)4-6/h1-4H,(H,12,13)(H,14,15). The van der Waals surface area contributed by atoms with Crippen molar-refractivity contribution in [2.24, 2.45) is 0 Å². The lowest BCUT2D eigenvalue weighted by molar-refractivity contribution is 0.0695. The van der Waals surface area contributed by atoms with Crippen LogP contribution in [0.15, 0.2) is 29.1 Å². The van der Waals surface area contributed by atoms with Gasteiger partial charge in [-0.3, -0.25) is 4.79 Å². The van der Waals surface area contributed by atoms with Gasteiger partial charge in [-0.15, -0.1) is 0 Å². The van der Waals surface area contributed by atoms with Gasteiger partial charge in [-0.2, -0.15) is 0 Å². The molecule has 0 saturated heterocycles. The second-order valence-corrected chi connectivity index (χ2v) is 3.05. The molecule has 0 bridgehead atoms. The molecule has 76 valence electrons. The van der Waals surface area contributed by atoms with Crippen molar-refractivity contribution in [3.05, 3.63) is 46.0 Å². The minimum Gasteiger partial charge on any atom is -0.477 e. The average molecular weight is 207 g/mol. The highest BCUT2D eigenvalue weighted by molar-refractivity contribution is 5.92. The van der Waals surface area contributed by atoms with Gasteiger partial charge < -0.3 is 10.1 Å². The fourth-order valence-electron chi connectivity index (χ4n) is 1.33. The highest BCUT2D eigenvalue weighted by Gasteiger charge is 2.09. The second-order valence-electron chi connectivity index (χ2n) is 3.05. The summed E-state index contributed by atoms with van der Waals surface area (Å²) in [5.74, 6) is -1.79. The van der Waals surface area contributed by atoms with Crippen LogP contribution >= 0.6 is 0 Å². The number of aromatic carboxylic acids is 1. The van der Waals surface area contributed by atoms with Gasteiger partial charge in [0.1, 0.15) is 11.4 Å². The molecule has 1 aromatic carbocycles. The molecule has 2 N–H and O–H groups in total. The Morgan fingerprint density at radius 2 is 2.07 bits per heavy atom. The highest BCUT2D eigenvalue weighted by Crippen LogP contribution is 2.12. The number of carboxylic acid groups (broad SMARTS) is 1. The summed E-state index contributed by atoms with van der Waals surface area (Å²) in [4.78, 5) is 24.2. The van der Waals surface area contributed by atoms with Gasteiger partial charge in [0.25, 0.3) is 5.56 Å². The highest BCUT2D eigenvalue weighted by atomic mass is 19.1. The molecule has 0 aliphatic rings. The van der Waals surface area contributed by atoms with E-state index in [1.165, 1.54) is 18.2 Å². The fraction of sp³-hybridized carbons (Fsp3) is 0. The van der Waals surface area contributed by atoms with Gasteiger partial charge in [0.15, 0.2) is 0 Å². The first-order valence-corrected chi connectivity index (χ1v) is 4.14. The minimum absolute atomic E-state index is 0.282. The number of aromatic amines is 1. The van der Waals surface area contributed by atoms with Gasteiger partial charge in [-0.1, -0.05) is 0 Å². The lowest BCUT2D eigenvalue weighted by Gasteiger charge is -1.99. The van der Waals surface area contributed by atoms with Gasteiger partial charge in [0.05, 0.1) is 5.52 Å². The molecule has 0 amide bonds. The third-order valence-electron chi connectivity index (χ3n) is 2.04. The topological polar surface area (TPSA) is 70.2 Å². The minimum atomic E-state index is -1.30. The van der Waals surface area contributed by atoms with E-state index in [1.807, 2.05) is 0 Å². The molecule has 2 rings (SSSR count). The Hall–Kier alpha value is -2.17. The first kappa shape index (κ1) is 9.39. The van der Waals surface area contributed by atoms with Gasteiger partial charge in [0.2, 0.25) is 0 Å². The summed E-state index contributed by atoms with van der Waals surface area (Å²) < 4.78 is 12.8. The Kier molecular flexibility index (Phi) is 2.00. The normalized spacial score (nSPS) is 10.5. The zero-order valence-electron chi connectivity index (χ0n) is 7.45. The number of carboxylic acids is 1. The molecular formula is C10H6FNO3. The molecule has 2 aromatic rings. The van der Waals surface area contributed by atoms with Crippen molar-refractivity contribution in [2.75, 3.05) is 0 Å². The predicted molar refractivity (Wildman–Crippen MR) is 51.5 cm³/mol. The molecule has 0 radical (unpaired) electrons. The Morgan fingerprint density at radius 3 is 2.73 bits per heavy atom. The number of hydrogen-bond acceptors (Lipinski definition) is 2. The van der Waals surface area contributed by atoms with Crippen LogP contribution in [0, 0.1) is 5.82 Å². The number of fused-ring (bicyclic) bond motifs is 1. The molecule has 0 spiro atoms. The maximum Gasteiger partial charge on any atom is 0.341 e. The summed E-state index contributed by atoms with van der Waals surface area (Å²) >= 11 is 0. The van der Waals surface area contributed by atoms with E-state index in [1.54, 1.807) is 0 Å². The molecule has 4 nitrogen and oxygen atoms in total. The van der Waals surface area contributed by atoms with Crippen molar-refractivity contribution < 1.29 is 14.3 Å². The molecule has 15 heavy (non-hydrogen) atoms. The van der Waals surface area contributed by atoms with Gasteiger partial charge in [0, 0.05) is 0 Å². The molecule has 5 heteroatoms. The van der Waals surface area contributed by atoms with E-state index in [-0.39, 0.29) is 11.1 Å². The molecule has 0 aliphatic heterocycles. The molecule has 1 aromatic heterocycles. The van der Waals surface area contributed by atoms with Crippen molar-refractivity contribution in [3.8, 4) is 0 Å². The maximum absolute atomic E-state index is 12.8. The lowest BCUT2D eigenvalue weighted by atomic mass is 10.1. The summed E-state index contributed by atoms with van der Waals surface area (Å²) in [6, 6.07) is 4.97. The van der Waals surface area contributed by atoms with E-state index < -0.39 is 17.3 Å². The van der Waals surface area contributed by atoms with Crippen LogP contribution in [-0.2, 0) is 0 Å². The first-order valence-electron chi connectivity index (χ1n) is 4.14. The van der Waals surface area contributed by atoms with E-state index >= 15 is 0 Å². The molecular weight excluding hydrogens is 201 g/mol. The van der Waals surface area contributed by atoms with Gasteiger partial charge in [-0.05, 0) is 29.7 Å². The third kappa shape index (κ3) is 1.59. The average Bonchev–Trinajstić information content (AvgIpc) is 2.15. The molecule has 0 saturated carbocycles. The number of carbonyl (C=O) groups is 1. The van der Waals surface area contributed by atoms with Crippen molar-refractivity contribution in [1.82, 2.24) is 4.98 Å². The van der Waals surface area contributed by atoms with Gasteiger partial charge >= 0.3 is 5.97 Å². The van der Waals surface area contributed by atoms with Crippen LogP contribution in [0.5, 0.6) is 0 Å². The van der Waals surface area contributed by atoms with Crippen LogP contribution in [0.1, 0.15) is 10.4 Å². The Labute approximate surface area is 83.0 Å². The summed E-state index contributed by atoms with van der Waals surface area (Å²) in [7, 11) is 0. The summed E-state index contributed by atoms with van der Waals surface area (Å²) in [6.45, 7) is 0. The number of aromatic nitrogens is 1. The van der Waals surface area contributed by atoms with E-state index in [9.17, 15) is 14.0 Å². The summed E-state index contributed by atoms with van der Waals surface area (Å²) in [5.41, 5.74) is -0.806. The van der Waals surface area contributed by atoms with Crippen LogP contribution in [0.4, 0.5) is 4.39 Å². The smallest absolute Gasteiger partial charge is 0.341 e. The van der Waals surface area contributed by atoms with Crippen molar-refractivity contribution >= 4 is 16.9 Å². The number of H-pyrrole nitrogens is 1. The Balaban J connectivity index is 2.82. The van der Waals surface area contributed by atoms with Crippen LogP contribution in [0.3, 0.4) is 0 Å². The quantitative estimate of drug-likeness (QED) is 0.741. The monoisotopic (exact) mass is 207 g/mol.